The number of anilines is 1. The molecule has 0 amide bonds. The molecule has 0 unspecified atom stereocenters. The van der Waals surface area contributed by atoms with Gasteiger partial charge in [0.2, 0.25) is 5.82 Å². The van der Waals surface area contributed by atoms with E-state index in [1.807, 2.05) is 0 Å². The highest BCUT2D eigenvalue weighted by Crippen LogP contribution is 2.53. The third-order valence-electron chi connectivity index (χ3n) is 6.49. The number of alkyl halides is 7. The molecule has 0 N–H and O–H groups in total. The highest BCUT2D eigenvalue weighted by molar-refractivity contribution is 5.83. The molecular weight excluding hydrogens is 535 g/mol. The molecule has 6 rings (SSSR count). The van der Waals surface area contributed by atoms with Crippen LogP contribution in [0.15, 0.2) is 58.9 Å². The molecule has 202 valence electrons. The fourth-order valence-electron chi connectivity index (χ4n) is 4.45. The van der Waals surface area contributed by atoms with Crippen molar-refractivity contribution in [1.29, 1.82) is 0 Å². The van der Waals surface area contributed by atoms with Gasteiger partial charge in [-0.3, -0.25) is 4.98 Å². The van der Waals surface area contributed by atoms with Gasteiger partial charge in [-0.2, -0.15) is 22.0 Å². The van der Waals surface area contributed by atoms with Crippen LogP contribution in [0, 0.1) is 0 Å². The number of benzene rings is 1. The van der Waals surface area contributed by atoms with Gasteiger partial charge in [-0.25, -0.2) is 23.4 Å². The van der Waals surface area contributed by atoms with Gasteiger partial charge in [-0.1, -0.05) is 41.6 Å². The Morgan fingerprint density at radius 3 is 2.31 bits per heavy atom. The van der Waals surface area contributed by atoms with Gasteiger partial charge in [0.05, 0.1) is 18.8 Å². The Morgan fingerprint density at radius 1 is 0.923 bits per heavy atom. The minimum absolute atomic E-state index is 0.157. The first-order chi connectivity index (χ1) is 18.4. The van der Waals surface area contributed by atoms with Crippen LogP contribution in [0.2, 0.25) is 0 Å². The summed E-state index contributed by atoms with van der Waals surface area (Å²) in [7, 11) is 0. The van der Waals surface area contributed by atoms with E-state index in [0.29, 0.717) is 0 Å². The minimum Gasteiger partial charge on any atom is -0.348 e. The van der Waals surface area contributed by atoms with Gasteiger partial charge in [0.25, 0.3) is 5.92 Å². The molecular formula is C23H16F7N9. The van der Waals surface area contributed by atoms with Crippen molar-refractivity contribution in [2.24, 2.45) is 10.2 Å². The number of hydrogen-bond acceptors (Lipinski definition) is 8. The summed E-state index contributed by atoms with van der Waals surface area (Å²) in [5.41, 5.74) is -4.22. The maximum atomic E-state index is 15.6. The highest BCUT2D eigenvalue weighted by atomic mass is 19.4. The molecule has 5 heterocycles. The fraction of sp³-hybridized carbons (Fsp3) is 0.348. The molecule has 1 fully saturated rings. The summed E-state index contributed by atoms with van der Waals surface area (Å²) in [6.45, 7) is -1.45. The zero-order valence-electron chi connectivity index (χ0n) is 19.6. The van der Waals surface area contributed by atoms with Crippen molar-refractivity contribution in [2.75, 3.05) is 18.0 Å². The Labute approximate surface area is 214 Å². The quantitative estimate of drug-likeness (QED) is 0.319. The van der Waals surface area contributed by atoms with Crippen molar-refractivity contribution in [2.45, 2.75) is 36.6 Å². The Kier molecular flexibility index (Phi) is 5.38. The number of rotatable bonds is 6. The summed E-state index contributed by atoms with van der Waals surface area (Å²) in [4.78, 5) is 13.0. The van der Waals surface area contributed by atoms with E-state index in [2.05, 4.69) is 35.5 Å². The van der Waals surface area contributed by atoms with Crippen molar-refractivity contribution in [1.82, 2.24) is 29.9 Å². The molecule has 0 saturated carbocycles. The Hall–Kier alpha value is -4.24. The lowest BCUT2D eigenvalue weighted by atomic mass is 10.0. The average Bonchev–Trinajstić information content (AvgIpc) is 3.52. The zero-order chi connectivity index (χ0) is 27.6. The first-order valence-electron chi connectivity index (χ1n) is 11.5. The molecule has 39 heavy (non-hydrogen) atoms. The predicted octanol–water partition coefficient (Wildman–Crippen LogP) is 4.83. The van der Waals surface area contributed by atoms with Crippen molar-refractivity contribution in [3.8, 4) is 0 Å². The maximum Gasteiger partial charge on any atom is 0.442 e. The van der Waals surface area contributed by atoms with Gasteiger partial charge >= 0.3 is 17.8 Å². The smallest absolute Gasteiger partial charge is 0.348 e. The Morgan fingerprint density at radius 2 is 1.67 bits per heavy atom. The Balaban J connectivity index is 1.48. The van der Waals surface area contributed by atoms with E-state index >= 15 is 8.78 Å². The molecule has 1 aromatic carbocycles. The molecule has 16 heteroatoms. The van der Waals surface area contributed by atoms with E-state index in [4.69, 9.17) is 0 Å². The van der Waals surface area contributed by atoms with Gasteiger partial charge in [-0.15, -0.1) is 15.3 Å². The molecule has 1 saturated heterocycles. The highest BCUT2D eigenvalue weighted by Gasteiger charge is 2.66. The number of aromatic nitrogens is 6. The summed E-state index contributed by atoms with van der Waals surface area (Å²) < 4.78 is 101. The molecule has 0 spiro atoms. The third kappa shape index (κ3) is 4.13. The van der Waals surface area contributed by atoms with Crippen molar-refractivity contribution < 1.29 is 30.7 Å². The average molecular weight is 551 g/mol. The number of fused-ring (bicyclic) bond motifs is 1. The largest absolute Gasteiger partial charge is 0.442 e. The second-order valence-electron chi connectivity index (χ2n) is 9.13. The van der Waals surface area contributed by atoms with Crippen LogP contribution in [0.1, 0.15) is 29.1 Å². The van der Waals surface area contributed by atoms with Gasteiger partial charge < -0.3 is 4.90 Å². The van der Waals surface area contributed by atoms with Crippen LogP contribution in [0.5, 0.6) is 0 Å². The van der Waals surface area contributed by atoms with Crippen LogP contribution in [-0.2, 0) is 18.1 Å². The van der Waals surface area contributed by atoms with Crippen LogP contribution in [0.4, 0.5) is 36.6 Å². The minimum atomic E-state index is -4.84. The number of nitrogens with zero attached hydrogens (tertiary/aromatic N) is 9. The van der Waals surface area contributed by atoms with Gasteiger partial charge in [0.1, 0.15) is 0 Å². The lowest BCUT2D eigenvalue weighted by Crippen LogP contribution is -2.32. The van der Waals surface area contributed by atoms with E-state index in [9.17, 15) is 22.0 Å². The summed E-state index contributed by atoms with van der Waals surface area (Å²) in [6, 6.07) is 9.07. The molecule has 0 radical (unpaired) electrons. The zero-order valence-corrected chi connectivity index (χ0v) is 19.6. The first-order valence-corrected chi connectivity index (χ1v) is 11.5. The molecule has 4 aromatic rings. The molecule has 0 atom stereocenters. The fourth-order valence-corrected chi connectivity index (χ4v) is 4.45. The number of pyridine rings is 1. The van der Waals surface area contributed by atoms with E-state index in [0.717, 1.165) is 27.8 Å². The summed E-state index contributed by atoms with van der Waals surface area (Å²) in [6.07, 6.45) is -4.12. The number of hydrogen-bond donors (Lipinski definition) is 0. The summed E-state index contributed by atoms with van der Waals surface area (Å²) >= 11 is 0. The standard InChI is InChI=1S/C23H16F7N9/c24-20(25)8-10-38(12-20)17-16-18(33-19(32-17)21(26,27)13-5-2-1-3-6-13)39(37-34-16)11-15-14(7-4-9-31-15)22(35-36-22)23(28,29)30/h1-7,9H,8,10-12H2. The van der Waals surface area contributed by atoms with Gasteiger partial charge in [-0.05, 0) is 6.07 Å². The molecule has 9 nitrogen and oxygen atoms in total. The van der Waals surface area contributed by atoms with Crippen LogP contribution in [-0.4, -0.2) is 55.1 Å². The lowest BCUT2D eigenvalue weighted by Gasteiger charge is -2.21. The molecule has 2 aliphatic heterocycles. The molecule has 2 aliphatic rings. The second-order valence-corrected chi connectivity index (χ2v) is 9.13. The van der Waals surface area contributed by atoms with E-state index < -0.39 is 54.6 Å². The topological polar surface area (TPSA) is 97.3 Å². The van der Waals surface area contributed by atoms with Gasteiger partial charge in [0, 0.05) is 30.3 Å². The van der Waals surface area contributed by atoms with Gasteiger partial charge in [0.15, 0.2) is 17.0 Å². The third-order valence-corrected chi connectivity index (χ3v) is 6.49. The monoisotopic (exact) mass is 551 g/mol. The van der Waals surface area contributed by atoms with Crippen LogP contribution in [0.25, 0.3) is 11.2 Å². The van der Waals surface area contributed by atoms with Crippen molar-refractivity contribution >= 4 is 17.0 Å². The normalized spacial score (nSPS) is 18.2. The van der Waals surface area contributed by atoms with E-state index in [-0.39, 0.29) is 34.8 Å². The molecule has 0 aliphatic carbocycles. The Bertz CT molecular complexity index is 1580. The van der Waals surface area contributed by atoms with E-state index in [1.165, 1.54) is 30.5 Å². The summed E-state index contributed by atoms with van der Waals surface area (Å²) in [5, 5.41) is 14.2. The van der Waals surface area contributed by atoms with Crippen LogP contribution >= 0.6 is 0 Å². The second kappa shape index (κ2) is 8.38. The number of halogens is 7. The van der Waals surface area contributed by atoms with Crippen molar-refractivity contribution in [3.63, 3.8) is 0 Å². The van der Waals surface area contributed by atoms with Crippen molar-refractivity contribution in [3.05, 3.63) is 71.3 Å². The lowest BCUT2D eigenvalue weighted by molar-refractivity contribution is -0.166. The van der Waals surface area contributed by atoms with E-state index in [1.54, 1.807) is 0 Å². The molecule has 3 aromatic heterocycles. The summed E-state index contributed by atoms with van der Waals surface area (Å²) in [5.74, 6) is -8.12. The maximum absolute atomic E-state index is 15.6. The predicted molar refractivity (Wildman–Crippen MR) is 120 cm³/mol. The SMILES string of the molecule is FC1(F)CCN(c2nc(C(F)(F)c3ccccc3)nc3c2nnn3Cc2ncccc2C2(C(F)(F)F)N=N2)C1. The first kappa shape index (κ1) is 25.1. The van der Waals surface area contributed by atoms with Crippen LogP contribution in [0.3, 0.4) is 0 Å². The molecule has 0 bridgehead atoms. The van der Waals surface area contributed by atoms with Crippen LogP contribution < -0.4 is 4.90 Å².